The van der Waals surface area contributed by atoms with Crippen molar-refractivity contribution in [2.45, 2.75) is 40.2 Å². The Kier molecular flexibility index (Phi) is 4.31. The average Bonchev–Trinajstić information content (AvgIpc) is 2.77. The van der Waals surface area contributed by atoms with Crippen LogP contribution < -0.4 is 11.1 Å². The molecule has 3 N–H and O–H groups in total. The second-order valence-corrected chi connectivity index (χ2v) is 5.45. The minimum absolute atomic E-state index is 0.301. The number of nitrogens with zero attached hydrogens (tertiary/aromatic N) is 3. The fraction of sp³-hybridized carbons (Fsp3) is 0.462. The molecule has 102 valence electrons. The summed E-state index contributed by atoms with van der Waals surface area (Å²) in [5, 5.41) is 4.51. The lowest BCUT2D eigenvalue weighted by molar-refractivity contribution is 1.01. The van der Waals surface area contributed by atoms with E-state index in [4.69, 9.17) is 5.73 Å². The predicted molar refractivity (Wildman–Crippen MR) is 79.4 cm³/mol. The molecule has 2 aromatic rings. The molecule has 19 heavy (non-hydrogen) atoms. The van der Waals surface area contributed by atoms with Crippen LogP contribution in [0.25, 0.3) is 0 Å². The quantitative estimate of drug-likeness (QED) is 0.878. The molecule has 0 amide bonds. The molecule has 0 radical (unpaired) electrons. The highest BCUT2D eigenvalue weighted by molar-refractivity contribution is 7.11. The first-order chi connectivity index (χ1) is 9.13. The van der Waals surface area contributed by atoms with Crippen LogP contribution in [0.4, 0.5) is 11.8 Å². The fourth-order valence-electron chi connectivity index (χ4n) is 1.80. The van der Waals surface area contributed by atoms with Crippen molar-refractivity contribution in [2.75, 3.05) is 11.1 Å². The zero-order valence-electron chi connectivity index (χ0n) is 11.5. The molecule has 0 aliphatic heterocycles. The number of hydrogen-bond acceptors (Lipinski definition) is 6. The van der Waals surface area contributed by atoms with Crippen molar-refractivity contribution < 1.29 is 0 Å². The predicted octanol–water partition coefficient (Wildman–Crippen LogP) is 2.56. The summed E-state index contributed by atoms with van der Waals surface area (Å²) < 4.78 is 0. The molecule has 0 atom stereocenters. The van der Waals surface area contributed by atoms with Crippen molar-refractivity contribution in [2.24, 2.45) is 0 Å². The van der Waals surface area contributed by atoms with Crippen LogP contribution in [0, 0.1) is 6.92 Å². The molecule has 6 heteroatoms. The summed E-state index contributed by atoms with van der Waals surface area (Å²) in [6.45, 7) is 6.97. The average molecular weight is 277 g/mol. The first-order valence-electron chi connectivity index (χ1n) is 6.44. The third-order valence-electron chi connectivity index (χ3n) is 2.92. The highest BCUT2D eigenvalue weighted by Crippen LogP contribution is 2.21. The topological polar surface area (TPSA) is 76.7 Å². The van der Waals surface area contributed by atoms with Crippen LogP contribution in [0.15, 0.2) is 6.20 Å². The summed E-state index contributed by atoms with van der Waals surface area (Å²) in [5.74, 6) is 1.12. The molecule has 0 saturated heterocycles. The van der Waals surface area contributed by atoms with Crippen LogP contribution in [-0.4, -0.2) is 15.0 Å². The molecule has 0 fully saturated rings. The summed E-state index contributed by atoms with van der Waals surface area (Å²) >= 11 is 1.75. The summed E-state index contributed by atoms with van der Waals surface area (Å²) in [4.78, 5) is 14.0. The lowest BCUT2D eigenvalue weighted by Crippen LogP contribution is -2.07. The van der Waals surface area contributed by atoms with Gasteiger partial charge in [0.15, 0.2) is 0 Å². The van der Waals surface area contributed by atoms with Crippen molar-refractivity contribution in [3.8, 4) is 0 Å². The van der Waals surface area contributed by atoms with Crippen LogP contribution in [0.5, 0.6) is 0 Å². The molecular formula is C13H19N5S. The third kappa shape index (κ3) is 3.20. The Morgan fingerprint density at radius 3 is 2.68 bits per heavy atom. The Morgan fingerprint density at radius 2 is 2.05 bits per heavy atom. The van der Waals surface area contributed by atoms with Crippen LogP contribution in [-0.2, 0) is 19.4 Å². The van der Waals surface area contributed by atoms with Crippen molar-refractivity contribution in [3.05, 3.63) is 27.3 Å². The molecular weight excluding hydrogens is 258 g/mol. The molecule has 2 heterocycles. The number of aromatic nitrogens is 3. The highest BCUT2D eigenvalue weighted by Gasteiger charge is 2.08. The number of aryl methyl sites for hydroxylation is 3. The van der Waals surface area contributed by atoms with Gasteiger partial charge in [-0.05, 0) is 19.8 Å². The largest absolute Gasteiger partial charge is 0.368 e. The molecule has 0 aliphatic rings. The van der Waals surface area contributed by atoms with E-state index >= 15 is 0 Å². The van der Waals surface area contributed by atoms with Gasteiger partial charge in [-0.25, -0.2) is 9.97 Å². The SMILES string of the molecule is CCc1nc(C)c(CNc2nc(N)ncc2CC)s1. The normalized spacial score (nSPS) is 10.7. The second-order valence-electron chi connectivity index (χ2n) is 4.28. The van der Waals surface area contributed by atoms with Gasteiger partial charge in [-0.2, -0.15) is 4.98 Å². The van der Waals surface area contributed by atoms with E-state index in [0.717, 1.165) is 36.5 Å². The minimum atomic E-state index is 0.301. The number of nitrogen functional groups attached to an aromatic ring is 1. The molecule has 0 aromatic carbocycles. The van der Waals surface area contributed by atoms with E-state index in [2.05, 4.69) is 34.1 Å². The van der Waals surface area contributed by atoms with Crippen molar-refractivity contribution in [1.29, 1.82) is 0 Å². The van der Waals surface area contributed by atoms with Crippen molar-refractivity contribution >= 4 is 23.1 Å². The summed E-state index contributed by atoms with van der Waals surface area (Å²) in [6, 6.07) is 0. The Hall–Kier alpha value is -1.69. The van der Waals surface area contributed by atoms with Gasteiger partial charge < -0.3 is 11.1 Å². The Labute approximate surface area is 117 Å². The van der Waals surface area contributed by atoms with Gasteiger partial charge >= 0.3 is 0 Å². The number of hydrogen-bond donors (Lipinski definition) is 2. The highest BCUT2D eigenvalue weighted by atomic mass is 32.1. The zero-order chi connectivity index (χ0) is 13.8. The molecule has 0 saturated carbocycles. The van der Waals surface area contributed by atoms with Crippen LogP contribution in [0.3, 0.4) is 0 Å². The zero-order valence-corrected chi connectivity index (χ0v) is 12.3. The molecule has 5 nitrogen and oxygen atoms in total. The maximum atomic E-state index is 5.63. The van der Waals surface area contributed by atoms with Gasteiger partial charge in [0.1, 0.15) is 5.82 Å². The lowest BCUT2D eigenvalue weighted by atomic mass is 10.2. The number of nitrogens with two attached hydrogens (primary N) is 1. The van der Waals surface area contributed by atoms with Crippen molar-refractivity contribution in [3.63, 3.8) is 0 Å². The Bertz CT molecular complexity index is 564. The van der Waals surface area contributed by atoms with Crippen LogP contribution in [0.1, 0.15) is 35.0 Å². The Balaban J connectivity index is 2.13. The first-order valence-corrected chi connectivity index (χ1v) is 7.26. The fourth-order valence-corrected chi connectivity index (χ4v) is 2.75. The third-order valence-corrected chi connectivity index (χ3v) is 4.22. The van der Waals surface area contributed by atoms with E-state index < -0.39 is 0 Å². The summed E-state index contributed by atoms with van der Waals surface area (Å²) in [7, 11) is 0. The van der Waals surface area contributed by atoms with Gasteiger partial charge in [0, 0.05) is 16.6 Å². The minimum Gasteiger partial charge on any atom is -0.368 e. The molecule has 0 bridgehead atoms. The smallest absolute Gasteiger partial charge is 0.221 e. The molecule has 0 aliphatic carbocycles. The number of thiazole rings is 1. The van der Waals surface area contributed by atoms with Gasteiger partial charge in [0.05, 0.1) is 17.2 Å². The van der Waals surface area contributed by atoms with E-state index in [-0.39, 0.29) is 0 Å². The van der Waals surface area contributed by atoms with Gasteiger partial charge in [-0.3, -0.25) is 0 Å². The standard InChI is InChI=1S/C13H19N5S/c1-4-9-6-16-13(14)18-12(9)15-7-10-8(3)17-11(5-2)19-10/h6H,4-5,7H2,1-3H3,(H3,14,15,16,18). The maximum Gasteiger partial charge on any atom is 0.221 e. The lowest BCUT2D eigenvalue weighted by Gasteiger charge is -2.09. The second kappa shape index (κ2) is 5.97. The number of nitrogens with one attached hydrogen (secondary N) is 1. The molecule has 0 unspecified atom stereocenters. The monoisotopic (exact) mass is 277 g/mol. The first kappa shape index (κ1) is 13.7. The van der Waals surface area contributed by atoms with E-state index in [1.165, 1.54) is 9.88 Å². The van der Waals surface area contributed by atoms with Crippen LogP contribution in [0.2, 0.25) is 0 Å². The molecule has 2 rings (SSSR count). The van der Waals surface area contributed by atoms with E-state index in [1.807, 2.05) is 6.92 Å². The molecule has 0 spiro atoms. The summed E-state index contributed by atoms with van der Waals surface area (Å²) in [6.07, 6.45) is 3.64. The van der Waals surface area contributed by atoms with Crippen LogP contribution >= 0.6 is 11.3 Å². The maximum absolute atomic E-state index is 5.63. The van der Waals surface area contributed by atoms with E-state index in [1.54, 1.807) is 17.5 Å². The van der Waals surface area contributed by atoms with Gasteiger partial charge in [0.25, 0.3) is 0 Å². The van der Waals surface area contributed by atoms with E-state index in [9.17, 15) is 0 Å². The Morgan fingerprint density at radius 1 is 1.26 bits per heavy atom. The molecule has 2 aromatic heterocycles. The number of rotatable bonds is 5. The van der Waals surface area contributed by atoms with E-state index in [0.29, 0.717) is 5.95 Å². The van der Waals surface area contributed by atoms with Gasteiger partial charge in [-0.1, -0.05) is 13.8 Å². The van der Waals surface area contributed by atoms with Crippen molar-refractivity contribution in [1.82, 2.24) is 15.0 Å². The number of anilines is 2. The van der Waals surface area contributed by atoms with Gasteiger partial charge in [-0.15, -0.1) is 11.3 Å². The summed E-state index contributed by atoms with van der Waals surface area (Å²) in [5.41, 5.74) is 7.80. The van der Waals surface area contributed by atoms with Gasteiger partial charge in [0.2, 0.25) is 5.95 Å².